The van der Waals surface area contributed by atoms with E-state index in [1.165, 1.54) is 11.3 Å². The number of hydrogen-bond acceptors (Lipinski definition) is 6. The first-order valence-electron chi connectivity index (χ1n) is 8.99. The summed E-state index contributed by atoms with van der Waals surface area (Å²) in [6.45, 7) is 0.0419. The minimum atomic E-state index is -0.354. The highest BCUT2D eigenvalue weighted by Gasteiger charge is 2.34. The number of nitrogens with one attached hydrogen (secondary N) is 1. The lowest BCUT2D eigenvalue weighted by molar-refractivity contribution is -0.116. The Balaban J connectivity index is 1.28. The molecule has 2 aromatic carbocycles. The lowest BCUT2D eigenvalue weighted by Crippen LogP contribution is -2.32. The number of imide groups is 1. The first-order chi connectivity index (χ1) is 14.1. The molecule has 29 heavy (non-hydrogen) atoms. The summed E-state index contributed by atoms with van der Waals surface area (Å²) < 4.78 is 0. The maximum absolute atomic E-state index is 12.3. The molecule has 3 amide bonds. The van der Waals surface area contributed by atoms with Crippen LogP contribution in [0.15, 0.2) is 64.9 Å². The molecular weight excluding hydrogens is 406 g/mol. The van der Waals surface area contributed by atoms with Crippen LogP contribution in [0.1, 0.15) is 32.8 Å². The Kier molecular flexibility index (Phi) is 5.73. The highest BCUT2D eigenvalue weighted by atomic mass is 32.2. The van der Waals surface area contributed by atoms with Gasteiger partial charge in [-0.3, -0.25) is 19.3 Å². The van der Waals surface area contributed by atoms with Crippen molar-refractivity contribution in [2.24, 2.45) is 0 Å². The lowest BCUT2D eigenvalue weighted by Gasteiger charge is -2.12. The first-order valence-corrected chi connectivity index (χ1v) is 10.9. The molecule has 4 rings (SSSR count). The summed E-state index contributed by atoms with van der Waals surface area (Å²) >= 11 is 3.04. The molecule has 0 aliphatic carbocycles. The summed E-state index contributed by atoms with van der Waals surface area (Å²) in [4.78, 5) is 43.6. The summed E-state index contributed by atoms with van der Waals surface area (Å²) in [5.41, 5.74) is 1.66. The van der Waals surface area contributed by atoms with Crippen LogP contribution in [0.4, 0.5) is 5.13 Å². The van der Waals surface area contributed by atoms with Gasteiger partial charge >= 0.3 is 0 Å². The zero-order valence-corrected chi connectivity index (χ0v) is 17.0. The molecular formula is C21H17N3O3S2. The predicted octanol–water partition coefficient (Wildman–Crippen LogP) is 4.06. The van der Waals surface area contributed by atoms with Gasteiger partial charge in [0, 0.05) is 29.0 Å². The molecule has 8 heteroatoms. The lowest BCUT2D eigenvalue weighted by atomic mass is 10.1. The van der Waals surface area contributed by atoms with E-state index in [-0.39, 0.29) is 30.7 Å². The van der Waals surface area contributed by atoms with Crippen molar-refractivity contribution < 1.29 is 14.4 Å². The third-order valence-electron chi connectivity index (χ3n) is 4.37. The van der Waals surface area contributed by atoms with E-state index in [0.717, 1.165) is 15.5 Å². The zero-order valence-electron chi connectivity index (χ0n) is 15.3. The molecule has 146 valence electrons. The quantitative estimate of drug-likeness (QED) is 0.458. The van der Waals surface area contributed by atoms with Gasteiger partial charge in [-0.05, 0) is 24.3 Å². The number of fused-ring (bicyclic) bond motifs is 1. The number of thioether (sulfide) groups is 1. The highest BCUT2D eigenvalue weighted by molar-refractivity contribution is 7.98. The number of carbonyl (C=O) groups excluding carboxylic acids is 3. The molecule has 0 atom stereocenters. The summed E-state index contributed by atoms with van der Waals surface area (Å²) in [7, 11) is 0. The molecule has 0 unspecified atom stereocenters. The number of thiazole rings is 1. The second-order valence-corrected chi connectivity index (χ2v) is 8.26. The number of hydrogen-bond donors (Lipinski definition) is 1. The van der Waals surface area contributed by atoms with Gasteiger partial charge in [-0.25, -0.2) is 4.98 Å². The molecule has 0 saturated heterocycles. The SMILES string of the molecule is O=C(CCN1C(=O)c2ccccc2C1=O)Nc1nc(CSc2ccccc2)cs1. The zero-order chi connectivity index (χ0) is 20.2. The van der Waals surface area contributed by atoms with Gasteiger partial charge < -0.3 is 5.32 Å². The Morgan fingerprint density at radius 1 is 1.00 bits per heavy atom. The van der Waals surface area contributed by atoms with Crippen LogP contribution in [-0.4, -0.2) is 34.2 Å². The molecule has 1 aliphatic rings. The predicted molar refractivity (Wildman–Crippen MR) is 113 cm³/mol. The van der Waals surface area contributed by atoms with Crippen molar-refractivity contribution >= 4 is 46.0 Å². The smallest absolute Gasteiger partial charge is 0.261 e. The number of amides is 3. The number of anilines is 1. The number of aromatic nitrogens is 1. The van der Waals surface area contributed by atoms with E-state index in [1.54, 1.807) is 36.0 Å². The summed E-state index contributed by atoms with van der Waals surface area (Å²) in [5.74, 6) is -0.273. The van der Waals surface area contributed by atoms with Gasteiger partial charge in [-0.1, -0.05) is 30.3 Å². The van der Waals surface area contributed by atoms with Gasteiger partial charge in [-0.15, -0.1) is 23.1 Å². The normalized spacial score (nSPS) is 12.9. The molecule has 3 aromatic rings. The van der Waals surface area contributed by atoms with Crippen molar-refractivity contribution in [3.8, 4) is 0 Å². The van der Waals surface area contributed by atoms with Gasteiger partial charge in [0.1, 0.15) is 0 Å². The van der Waals surface area contributed by atoms with E-state index in [0.29, 0.717) is 22.0 Å². The summed E-state index contributed by atoms with van der Waals surface area (Å²) in [6.07, 6.45) is 0.0269. The average Bonchev–Trinajstić information content (AvgIpc) is 3.29. The van der Waals surface area contributed by atoms with Crippen molar-refractivity contribution in [3.05, 3.63) is 76.8 Å². The van der Waals surface area contributed by atoms with Gasteiger partial charge in [0.15, 0.2) is 5.13 Å². The summed E-state index contributed by atoms with van der Waals surface area (Å²) in [5, 5.41) is 5.17. The van der Waals surface area contributed by atoms with E-state index in [9.17, 15) is 14.4 Å². The first kappa shape index (κ1) is 19.4. The van der Waals surface area contributed by atoms with Crippen LogP contribution in [0.25, 0.3) is 0 Å². The van der Waals surface area contributed by atoms with E-state index in [4.69, 9.17) is 0 Å². The van der Waals surface area contributed by atoms with Crippen LogP contribution in [0.3, 0.4) is 0 Å². The summed E-state index contributed by atoms with van der Waals surface area (Å²) in [6, 6.07) is 16.7. The Morgan fingerprint density at radius 3 is 2.34 bits per heavy atom. The maximum atomic E-state index is 12.3. The standard InChI is InChI=1S/C21H17N3O3S2/c25-18(10-11-24-19(26)16-8-4-5-9-17(16)20(24)27)23-21-22-14(13-29-21)12-28-15-6-2-1-3-7-15/h1-9,13H,10-12H2,(H,22,23,25). The van der Waals surface area contributed by atoms with Crippen molar-refractivity contribution in [1.82, 2.24) is 9.88 Å². The molecule has 0 spiro atoms. The Labute approximate surface area is 176 Å². The molecule has 0 fully saturated rings. The molecule has 1 aliphatic heterocycles. The van der Waals surface area contributed by atoms with E-state index < -0.39 is 0 Å². The number of carbonyl (C=O) groups is 3. The molecule has 6 nitrogen and oxygen atoms in total. The molecule has 0 bridgehead atoms. The van der Waals surface area contributed by atoms with Gasteiger partial charge in [0.05, 0.1) is 16.8 Å². The second kappa shape index (κ2) is 8.59. The minimum absolute atomic E-state index is 0.0269. The van der Waals surface area contributed by atoms with Crippen LogP contribution in [0.2, 0.25) is 0 Å². The minimum Gasteiger partial charge on any atom is -0.302 e. The third-order valence-corrected chi connectivity index (χ3v) is 6.22. The van der Waals surface area contributed by atoms with Crippen LogP contribution >= 0.6 is 23.1 Å². The van der Waals surface area contributed by atoms with Gasteiger partial charge in [0.2, 0.25) is 5.91 Å². The molecule has 0 saturated carbocycles. The van der Waals surface area contributed by atoms with Crippen LogP contribution < -0.4 is 5.32 Å². The average molecular weight is 424 g/mol. The molecule has 2 heterocycles. The number of nitrogens with zero attached hydrogens (tertiary/aromatic N) is 2. The fraction of sp³-hybridized carbons (Fsp3) is 0.143. The van der Waals surface area contributed by atoms with Crippen molar-refractivity contribution in [2.75, 3.05) is 11.9 Å². The van der Waals surface area contributed by atoms with E-state index >= 15 is 0 Å². The topological polar surface area (TPSA) is 79.4 Å². The van der Waals surface area contributed by atoms with Crippen LogP contribution in [0.5, 0.6) is 0 Å². The van der Waals surface area contributed by atoms with Crippen LogP contribution in [0, 0.1) is 0 Å². The fourth-order valence-corrected chi connectivity index (χ4v) is 4.59. The second-order valence-electron chi connectivity index (χ2n) is 6.35. The van der Waals surface area contributed by atoms with Crippen molar-refractivity contribution in [3.63, 3.8) is 0 Å². The maximum Gasteiger partial charge on any atom is 0.261 e. The van der Waals surface area contributed by atoms with E-state index in [1.807, 2.05) is 35.7 Å². The van der Waals surface area contributed by atoms with Crippen molar-refractivity contribution in [1.29, 1.82) is 0 Å². The monoisotopic (exact) mass is 423 g/mol. The highest BCUT2D eigenvalue weighted by Crippen LogP contribution is 2.25. The largest absolute Gasteiger partial charge is 0.302 e. The van der Waals surface area contributed by atoms with Gasteiger partial charge in [-0.2, -0.15) is 0 Å². The number of benzene rings is 2. The molecule has 1 aromatic heterocycles. The number of rotatable bonds is 7. The Morgan fingerprint density at radius 2 is 1.66 bits per heavy atom. The fourth-order valence-electron chi connectivity index (χ4n) is 2.94. The van der Waals surface area contributed by atoms with E-state index in [2.05, 4.69) is 10.3 Å². The van der Waals surface area contributed by atoms with Gasteiger partial charge in [0.25, 0.3) is 11.8 Å². The molecule has 1 N–H and O–H groups in total. The van der Waals surface area contributed by atoms with Crippen LogP contribution in [-0.2, 0) is 10.5 Å². The Bertz CT molecular complexity index is 1030. The Hall–Kier alpha value is -2.97. The van der Waals surface area contributed by atoms with Crippen molar-refractivity contribution in [2.45, 2.75) is 17.1 Å². The molecule has 0 radical (unpaired) electrons. The third kappa shape index (κ3) is 4.38.